The maximum absolute atomic E-state index is 12.6. The number of amides is 1. The van der Waals surface area contributed by atoms with Gasteiger partial charge < -0.3 is 39.5 Å². The first-order valence-electron chi connectivity index (χ1n) is 13.2. The normalized spacial score (nSPS) is 25.0. The van der Waals surface area contributed by atoms with Crippen molar-refractivity contribution in [1.82, 2.24) is 28.8 Å². The smallest absolute Gasteiger partial charge is 0.360 e. The van der Waals surface area contributed by atoms with Crippen molar-refractivity contribution in [2.75, 3.05) is 39.7 Å². The molecule has 2 aromatic heterocycles. The number of ether oxygens (including phenoxy) is 3. The molecule has 1 aliphatic carbocycles. The van der Waals surface area contributed by atoms with Crippen LogP contribution in [-0.2, 0) is 33.8 Å². The van der Waals surface area contributed by atoms with E-state index in [0.717, 1.165) is 46.9 Å². The summed E-state index contributed by atoms with van der Waals surface area (Å²) in [5.74, 6) is -0.844. The lowest BCUT2D eigenvalue weighted by molar-refractivity contribution is -0.135. The van der Waals surface area contributed by atoms with E-state index in [1.54, 1.807) is 4.72 Å². The molecule has 3 heterocycles. The molecule has 2 fully saturated rings. The van der Waals surface area contributed by atoms with Crippen LogP contribution in [0.5, 0.6) is 0 Å². The molecule has 2 aliphatic rings. The van der Waals surface area contributed by atoms with Crippen LogP contribution in [0.1, 0.15) is 38.3 Å². The van der Waals surface area contributed by atoms with Gasteiger partial charge >= 0.3 is 17.8 Å². The Morgan fingerprint density at radius 3 is 2.53 bits per heavy atom. The van der Waals surface area contributed by atoms with E-state index in [-0.39, 0.29) is 17.0 Å². The molecular formula is C22H35ClN7O11PS. The molecule has 0 radical (unpaired) electrons. The molecular weight excluding hydrogens is 637 g/mol. The lowest BCUT2D eigenvalue weighted by atomic mass is 10.1. The Labute approximate surface area is 252 Å². The van der Waals surface area contributed by atoms with Crippen LogP contribution in [-0.4, -0.2) is 122 Å². The fourth-order valence-corrected chi connectivity index (χ4v) is 6.52. The third kappa shape index (κ3) is 7.28. The van der Waals surface area contributed by atoms with Crippen LogP contribution >= 0.6 is 19.2 Å². The topological polar surface area (TPSA) is 248 Å². The molecule has 6 N–H and O–H groups in total. The molecule has 1 saturated heterocycles. The Hall–Kier alpha value is -2.03. The van der Waals surface area contributed by atoms with Crippen molar-refractivity contribution in [2.45, 2.75) is 68.0 Å². The van der Waals surface area contributed by atoms with E-state index in [0.29, 0.717) is 15.5 Å². The maximum Gasteiger partial charge on any atom is 0.360 e. The first-order chi connectivity index (χ1) is 20.1. The molecule has 4 rings (SSSR count). The zero-order valence-corrected chi connectivity index (χ0v) is 26.0. The number of fused-ring (bicyclic) bond motifs is 1. The van der Waals surface area contributed by atoms with Crippen molar-refractivity contribution in [3.8, 4) is 0 Å². The fourth-order valence-electron chi connectivity index (χ4n) is 4.93. The number of nitrogens with one attached hydrogen (secondary N) is 2. The van der Waals surface area contributed by atoms with Gasteiger partial charge in [0.25, 0.3) is 0 Å². The first-order valence-corrected chi connectivity index (χ1v) is 16.6. The van der Waals surface area contributed by atoms with Gasteiger partial charge in [-0.25, -0.2) is 9.40 Å². The number of anilines is 1. The number of nitrogens with zero attached hydrogens (tertiary/aromatic N) is 5. The summed E-state index contributed by atoms with van der Waals surface area (Å²) >= 11 is 6.18. The lowest BCUT2D eigenvalue weighted by Crippen LogP contribution is -2.47. The van der Waals surface area contributed by atoms with Crippen LogP contribution in [0.4, 0.5) is 5.82 Å². The first kappa shape index (κ1) is 33.9. The van der Waals surface area contributed by atoms with Crippen molar-refractivity contribution in [3.63, 3.8) is 0 Å². The van der Waals surface area contributed by atoms with Crippen molar-refractivity contribution in [3.05, 3.63) is 11.5 Å². The third-order valence-corrected chi connectivity index (χ3v) is 10.4. The van der Waals surface area contributed by atoms with Gasteiger partial charge in [0.2, 0.25) is 16.5 Å². The van der Waals surface area contributed by atoms with Crippen LogP contribution in [0.3, 0.4) is 0 Å². The molecule has 0 aromatic carbocycles. The highest BCUT2D eigenvalue weighted by Gasteiger charge is 2.53. The summed E-state index contributed by atoms with van der Waals surface area (Å²) in [6.07, 6.45) is -1.56. The monoisotopic (exact) mass is 671 g/mol. The number of halogens is 1. The summed E-state index contributed by atoms with van der Waals surface area (Å²) in [5.41, 5.74) is 0.195. The van der Waals surface area contributed by atoms with Crippen LogP contribution in [0.15, 0.2) is 6.20 Å². The van der Waals surface area contributed by atoms with E-state index in [4.69, 9.17) is 25.8 Å². The number of aromatic nitrogens is 4. The molecule has 43 heavy (non-hydrogen) atoms. The van der Waals surface area contributed by atoms with Crippen LogP contribution < -0.4 is 10.0 Å². The largest absolute Gasteiger partial charge is 0.387 e. The molecule has 1 saturated carbocycles. The summed E-state index contributed by atoms with van der Waals surface area (Å²) < 4.78 is 56.5. The van der Waals surface area contributed by atoms with E-state index in [1.807, 2.05) is 0 Å². The maximum atomic E-state index is 12.6. The van der Waals surface area contributed by atoms with E-state index in [2.05, 4.69) is 20.4 Å². The number of hydrogen-bond donors (Lipinski definition) is 6. The van der Waals surface area contributed by atoms with E-state index < -0.39 is 73.2 Å². The lowest BCUT2D eigenvalue weighted by Gasteiger charge is -2.34. The van der Waals surface area contributed by atoms with Crippen LogP contribution in [0, 0.1) is 0 Å². The summed E-state index contributed by atoms with van der Waals surface area (Å²) in [6, 6.07) is 0.195. The van der Waals surface area contributed by atoms with Gasteiger partial charge in [-0.3, -0.25) is 9.36 Å². The van der Waals surface area contributed by atoms with Crippen molar-refractivity contribution in [2.24, 2.45) is 0 Å². The Morgan fingerprint density at radius 1 is 1.26 bits per heavy atom. The molecule has 5 atom stereocenters. The summed E-state index contributed by atoms with van der Waals surface area (Å²) in [7, 11) is -6.25. The second-order valence-electron chi connectivity index (χ2n) is 10.6. The molecule has 2 aromatic rings. The summed E-state index contributed by atoms with van der Waals surface area (Å²) in [4.78, 5) is 41.3. The number of aliphatic hydroxyl groups is 2. The Bertz CT molecular complexity index is 1470. The molecule has 0 spiro atoms. The minimum Gasteiger partial charge on any atom is -0.387 e. The molecule has 18 nitrogen and oxygen atoms in total. The summed E-state index contributed by atoms with van der Waals surface area (Å²) in [5, 5.41) is 26.9. The second kappa shape index (κ2) is 13.1. The highest BCUT2D eigenvalue weighted by Crippen LogP contribution is 2.54. The second-order valence-corrected chi connectivity index (χ2v) is 14.7. The molecule has 242 valence electrons. The number of carbonyl (C=O) groups excluding carboxylic acids is 1. The predicted molar refractivity (Wildman–Crippen MR) is 150 cm³/mol. The van der Waals surface area contributed by atoms with E-state index in [9.17, 15) is 37.8 Å². The number of rotatable bonds is 13. The van der Waals surface area contributed by atoms with Gasteiger partial charge in [-0.05, 0) is 24.4 Å². The van der Waals surface area contributed by atoms with Crippen molar-refractivity contribution >= 4 is 52.2 Å². The van der Waals surface area contributed by atoms with Gasteiger partial charge in [0, 0.05) is 27.2 Å². The van der Waals surface area contributed by atoms with Crippen LogP contribution in [0.25, 0.3) is 11.0 Å². The van der Waals surface area contributed by atoms with Gasteiger partial charge in [-0.2, -0.15) is 27.8 Å². The van der Waals surface area contributed by atoms with Crippen molar-refractivity contribution in [1.29, 1.82) is 0 Å². The SMILES string of the molecule is COCC(CC(=O)NS(=O)(=O)N(C)C)(OC[C@H]1O[C@@H](n2ncc3c(NC4CCCC4)nc(Cl)nc32)[C@H](O)[C@@H]1O)P(=O)(O)O. The average Bonchev–Trinajstić information content (AvgIpc) is 3.62. The Kier molecular flexibility index (Phi) is 10.3. The average molecular weight is 672 g/mol. The van der Waals surface area contributed by atoms with Crippen molar-refractivity contribution < 1.29 is 52.0 Å². The molecule has 21 heteroatoms. The highest BCUT2D eigenvalue weighted by atomic mass is 35.5. The molecule has 1 unspecified atom stereocenters. The van der Waals surface area contributed by atoms with E-state index >= 15 is 0 Å². The zero-order valence-electron chi connectivity index (χ0n) is 23.5. The number of methoxy groups -OCH3 is 1. The molecule has 1 amide bonds. The Morgan fingerprint density at radius 2 is 1.93 bits per heavy atom. The van der Waals surface area contributed by atoms with Gasteiger partial charge in [-0.1, -0.05) is 12.8 Å². The van der Waals surface area contributed by atoms with Crippen LogP contribution in [0.2, 0.25) is 5.28 Å². The Balaban J connectivity index is 1.55. The minimum atomic E-state index is -5.35. The number of hydrogen-bond acceptors (Lipinski definition) is 13. The van der Waals surface area contributed by atoms with Gasteiger partial charge in [-0.15, -0.1) is 0 Å². The predicted octanol–water partition coefficient (Wildman–Crippen LogP) is -0.697. The quantitative estimate of drug-likeness (QED) is 0.114. The number of aliphatic hydroxyl groups excluding tert-OH is 2. The zero-order chi connectivity index (χ0) is 31.7. The van der Waals surface area contributed by atoms with Gasteiger partial charge in [0.05, 0.1) is 31.2 Å². The molecule has 0 bridgehead atoms. The number of carbonyl (C=O) groups is 1. The highest BCUT2D eigenvalue weighted by molar-refractivity contribution is 7.87. The van der Waals surface area contributed by atoms with Gasteiger partial charge in [0.1, 0.15) is 24.1 Å². The summed E-state index contributed by atoms with van der Waals surface area (Å²) in [6.45, 7) is -1.59. The third-order valence-electron chi connectivity index (χ3n) is 7.28. The molecule has 1 aliphatic heterocycles. The minimum absolute atomic E-state index is 0.0942. The fraction of sp³-hybridized carbons (Fsp3) is 0.727. The van der Waals surface area contributed by atoms with E-state index in [1.165, 1.54) is 10.9 Å². The van der Waals surface area contributed by atoms with Gasteiger partial charge in [0.15, 0.2) is 11.9 Å². The standard InChI is InChI=1S/C22H35ClN7O11PS/c1-29(2)43(37,38)28-15(31)8-22(11-39-3,42(34,35)36)40-10-14-16(32)17(33)20(41-14)30-19-13(9-24-30)18(26-21(23)27-19)25-12-6-4-5-7-12/h9,12,14,16-17,20,32-33H,4-8,10-11H2,1-3H3,(H,28,31)(H,25,26,27)(H2,34,35,36)/t14-,16-,17-,20-,22?/m1/s1.